The Morgan fingerprint density at radius 1 is 0.812 bits per heavy atom. The molecule has 0 aromatic rings. The molecule has 0 saturated carbocycles. The van der Waals surface area contributed by atoms with Gasteiger partial charge in [-0.25, -0.2) is 0 Å². The molecular formula is C14H32P2. The Hall–Kier alpha value is 0.860. The van der Waals surface area contributed by atoms with Gasteiger partial charge in [-0.2, -0.15) is 0 Å². The average Bonchev–Trinajstić information content (AvgIpc) is 2.26. The molecule has 0 heterocycles. The van der Waals surface area contributed by atoms with Gasteiger partial charge in [0.1, 0.15) is 0 Å². The van der Waals surface area contributed by atoms with E-state index in [9.17, 15) is 0 Å². The number of rotatable bonds is 10. The van der Waals surface area contributed by atoms with E-state index in [0.29, 0.717) is 4.90 Å². The molecule has 16 heavy (non-hydrogen) atoms. The van der Waals surface area contributed by atoms with Crippen molar-refractivity contribution in [1.29, 1.82) is 0 Å². The van der Waals surface area contributed by atoms with Crippen LogP contribution in [-0.4, -0.2) is 4.90 Å². The lowest BCUT2D eigenvalue weighted by Gasteiger charge is -2.34. The molecule has 0 radical (unpaired) electrons. The summed E-state index contributed by atoms with van der Waals surface area (Å²) in [6.07, 6.45) is 12.3. The molecule has 0 aliphatic carbocycles. The molecular weight excluding hydrogens is 230 g/mol. The van der Waals surface area contributed by atoms with Gasteiger partial charge < -0.3 is 0 Å². The van der Waals surface area contributed by atoms with Crippen LogP contribution in [0, 0.1) is 5.92 Å². The summed E-state index contributed by atoms with van der Waals surface area (Å²) >= 11 is 0. The minimum Gasteiger partial charge on any atom is -0.127 e. The minimum atomic E-state index is 0.403. The molecule has 0 aliphatic rings. The Bertz CT molecular complexity index is 147. The van der Waals surface area contributed by atoms with Crippen molar-refractivity contribution >= 4 is 18.5 Å². The summed E-state index contributed by atoms with van der Waals surface area (Å²) in [5.74, 6) is 0.883. The van der Waals surface area contributed by atoms with Crippen molar-refractivity contribution in [1.82, 2.24) is 0 Å². The first-order chi connectivity index (χ1) is 7.58. The number of hydrogen-bond acceptors (Lipinski definition) is 0. The molecule has 2 heteroatoms. The van der Waals surface area contributed by atoms with Crippen LogP contribution in [0.2, 0.25) is 0 Å². The van der Waals surface area contributed by atoms with Crippen LogP contribution in [0.15, 0.2) is 0 Å². The molecule has 0 amide bonds. The molecule has 2 atom stereocenters. The van der Waals surface area contributed by atoms with E-state index in [1.807, 2.05) is 0 Å². The van der Waals surface area contributed by atoms with Crippen LogP contribution in [0.3, 0.4) is 0 Å². The van der Waals surface area contributed by atoms with Gasteiger partial charge >= 0.3 is 0 Å². The van der Waals surface area contributed by atoms with E-state index in [2.05, 4.69) is 39.3 Å². The number of unbranched alkanes of at least 4 members (excludes halogenated alkanes) is 3. The zero-order chi connectivity index (χ0) is 12.4. The van der Waals surface area contributed by atoms with E-state index in [4.69, 9.17) is 0 Å². The van der Waals surface area contributed by atoms with E-state index in [1.54, 1.807) is 0 Å². The summed E-state index contributed by atoms with van der Waals surface area (Å²) < 4.78 is 0. The van der Waals surface area contributed by atoms with Gasteiger partial charge in [0.2, 0.25) is 0 Å². The zero-order valence-electron chi connectivity index (χ0n) is 11.6. The Kier molecular flexibility index (Phi) is 10.4. The normalized spacial score (nSPS) is 12.4. The molecule has 0 nitrogen and oxygen atoms in total. The smallest absolute Gasteiger partial charge is 0.00209 e. The van der Waals surface area contributed by atoms with E-state index in [1.165, 1.54) is 57.8 Å². The van der Waals surface area contributed by atoms with Crippen molar-refractivity contribution in [2.24, 2.45) is 5.92 Å². The highest BCUT2D eigenvalue weighted by Gasteiger charge is 2.28. The van der Waals surface area contributed by atoms with E-state index < -0.39 is 0 Å². The first-order valence-corrected chi connectivity index (χ1v) is 8.31. The summed E-state index contributed by atoms with van der Waals surface area (Å²) in [4.78, 5) is 0.403. The molecule has 0 spiro atoms. The van der Waals surface area contributed by atoms with Crippen LogP contribution in [0.25, 0.3) is 0 Å². The van der Waals surface area contributed by atoms with Crippen molar-refractivity contribution < 1.29 is 0 Å². The maximum Gasteiger partial charge on any atom is 0.00209 e. The fourth-order valence-corrected chi connectivity index (χ4v) is 3.34. The second kappa shape index (κ2) is 9.85. The van der Waals surface area contributed by atoms with E-state index in [-0.39, 0.29) is 0 Å². The third kappa shape index (κ3) is 7.24. The molecule has 0 fully saturated rings. The first-order valence-electron chi connectivity index (χ1n) is 7.16. The quantitative estimate of drug-likeness (QED) is 0.448. The van der Waals surface area contributed by atoms with Gasteiger partial charge in [0.15, 0.2) is 0 Å². The van der Waals surface area contributed by atoms with Crippen molar-refractivity contribution in [2.45, 2.75) is 83.5 Å². The van der Waals surface area contributed by atoms with Gasteiger partial charge in [-0.15, -0.1) is 18.5 Å². The summed E-state index contributed by atoms with van der Waals surface area (Å²) in [6, 6.07) is 0. The van der Waals surface area contributed by atoms with Crippen molar-refractivity contribution in [3.8, 4) is 0 Å². The predicted octanol–water partition coefficient (Wildman–Crippen LogP) is 5.62. The molecule has 2 unspecified atom stereocenters. The van der Waals surface area contributed by atoms with Crippen molar-refractivity contribution in [3.63, 3.8) is 0 Å². The zero-order valence-corrected chi connectivity index (χ0v) is 13.9. The predicted molar refractivity (Wildman–Crippen MR) is 84.2 cm³/mol. The van der Waals surface area contributed by atoms with Crippen LogP contribution in [0.5, 0.6) is 0 Å². The molecule has 0 aliphatic heterocycles. The van der Waals surface area contributed by atoms with Gasteiger partial charge in [-0.05, 0) is 25.2 Å². The van der Waals surface area contributed by atoms with E-state index >= 15 is 0 Å². The average molecular weight is 262 g/mol. The molecule has 98 valence electrons. The molecule has 0 saturated heterocycles. The van der Waals surface area contributed by atoms with Gasteiger partial charge in [0.25, 0.3) is 0 Å². The maximum absolute atomic E-state index is 3.13. The molecule has 0 N–H and O–H groups in total. The Morgan fingerprint density at radius 2 is 1.25 bits per heavy atom. The fourth-order valence-electron chi connectivity index (χ4n) is 2.27. The summed E-state index contributed by atoms with van der Waals surface area (Å²) in [6.45, 7) is 6.89. The van der Waals surface area contributed by atoms with Crippen LogP contribution >= 0.6 is 18.5 Å². The highest BCUT2D eigenvalue weighted by Crippen LogP contribution is 2.44. The highest BCUT2D eigenvalue weighted by atomic mass is 31.1. The Morgan fingerprint density at radius 3 is 1.62 bits per heavy atom. The molecule has 0 aromatic heterocycles. The SMILES string of the molecule is CCCCC(CCCC)C(P)(P)CCCC. The van der Waals surface area contributed by atoms with Crippen LogP contribution in [-0.2, 0) is 0 Å². The lowest BCUT2D eigenvalue weighted by atomic mass is 9.89. The second-order valence-corrected chi connectivity index (χ2v) is 8.01. The lowest BCUT2D eigenvalue weighted by molar-refractivity contribution is 0.367. The Labute approximate surface area is 108 Å². The van der Waals surface area contributed by atoms with Crippen LogP contribution in [0.4, 0.5) is 0 Å². The minimum absolute atomic E-state index is 0.403. The fraction of sp³-hybridized carbons (Fsp3) is 1.00. The van der Waals surface area contributed by atoms with Crippen molar-refractivity contribution in [2.75, 3.05) is 0 Å². The highest BCUT2D eigenvalue weighted by molar-refractivity contribution is 7.39. The summed E-state index contributed by atoms with van der Waals surface area (Å²) in [5.41, 5.74) is 0. The van der Waals surface area contributed by atoms with Crippen LogP contribution in [0.1, 0.15) is 78.6 Å². The monoisotopic (exact) mass is 262 g/mol. The largest absolute Gasteiger partial charge is 0.127 e. The first kappa shape index (κ1) is 16.9. The van der Waals surface area contributed by atoms with Crippen molar-refractivity contribution in [3.05, 3.63) is 0 Å². The molecule has 0 aromatic carbocycles. The topological polar surface area (TPSA) is 0 Å². The van der Waals surface area contributed by atoms with Gasteiger partial charge in [0.05, 0.1) is 0 Å². The van der Waals surface area contributed by atoms with Gasteiger partial charge in [-0.3, -0.25) is 0 Å². The Balaban J connectivity index is 4.20. The maximum atomic E-state index is 3.13. The standard InChI is InChI=1S/C14H32P2/c1-4-7-10-13(11-8-5-2)14(15,16)12-9-6-3/h13H,4-12,15-16H2,1-3H3. The molecule has 0 bridgehead atoms. The lowest BCUT2D eigenvalue weighted by Crippen LogP contribution is -2.24. The third-order valence-corrected chi connectivity index (χ3v) is 5.06. The van der Waals surface area contributed by atoms with Gasteiger partial charge in [-0.1, -0.05) is 59.3 Å². The summed E-state index contributed by atoms with van der Waals surface area (Å²) in [5, 5.41) is 0. The summed E-state index contributed by atoms with van der Waals surface area (Å²) in [7, 11) is 6.27. The molecule has 0 rings (SSSR count). The third-order valence-electron chi connectivity index (χ3n) is 3.54. The second-order valence-electron chi connectivity index (χ2n) is 5.20. The van der Waals surface area contributed by atoms with Gasteiger partial charge in [0, 0.05) is 4.90 Å². The van der Waals surface area contributed by atoms with Crippen LogP contribution < -0.4 is 0 Å². The number of hydrogen-bond donors (Lipinski definition) is 0. The van der Waals surface area contributed by atoms with E-state index in [0.717, 1.165) is 5.92 Å².